The monoisotopic (exact) mass is 253 g/mol. The van der Waals surface area contributed by atoms with Gasteiger partial charge in [-0.2, -0.15) is 0 Å². The summed E-state index contributed by atoms with van der Waals surface area (Å²) in [4.78, 5) is 13.5. The molecule has 1 aromatic heterocycles. The molecule has 1 unspecified atom stereocenters. The molecule has 1 fully saturated rings. The normalized spacial score (nSPS) is 24.6. The van der Waals surface area contributed by atoms with Gasteiger partial charge >= 0.3 is 5.97 Å². The number of carboxylic acids is 1. The lowest BCUT2D eigenvalue weighted by Crippen LogP contribution is -2.49. The van der Waals surface area contributed by atoms with E-state index in [-0.39, 0.29) is 0 Å². The first-order chi connectivity index (χ1) is 8.62. The quantitative estimate of drug-likeness (QED) is 0.855. The van der Waals surface area contributed by atoms with Crippen LogP contribution in [0.1, 0.15) is 44.9 Å². The van der Waals surface area contributed by atoms with Crippen molar-refractivity contribution >= 4 is 5.97 Å². The van der Waals surface area contributed by atoms with Crippen molar-refractivity contribution in [3.63, 3.8) is 0 Å². The summed E-state index contributed by atoms with van der Waals surface area (Å²) < 4.78 is 5.46. The van der Waals surface area contributed by atoms with Crippen LogP contribution in [-0.4, -0.2) is 38.3 Å². The minimum absolute atomic E-state index is 0.424. The smallest absolute Gasteiger partial charge is 0.324 e. The van der Waals surface area contributed by atoms with Crippen molar-refractivity contribution in [2.24, 2.45) is 0 Å². The Hall–Kier alpha value is -1.43. The summed E-state index contributed by atoms with van der Waals surface area (Å²) in [6.07, 6.45) is 2.88. The average molecular weight is 253 g/mol. The van der Waals surface area contributed by atoms with Crippen LogP contribution in [0, 0.1) is 0 Å². The molecule has 0 bridgehead atoms. The molecule has 0 spiro atoms. The van der Waals surface area contributed by atoms with Crippen LogP contribution in [0.4, 0.5) is 0 Å². The summed E-state index contributed by atoms with van der Waals surface area (Å²) in [7, 11) is 0. The maximum absolute atomic E-state index is 11.5. The van der Waals surface area contributed by atoms with Crippen molar-refractivity contribution < 1.29 is 14.3 Å². The van der Waals surface area contributed by atoms with E-state index in [1.165, 1.54) is 0 Å². The number of rotatable bonds is 5. The molecule has 1 aromatic rings. The van der Waals surface area contributed by atoms with Crippen molar-refractivity contribution in [3.8, 4) is 0 Å². The predicted octanol–water partition coefficient (Wildman–Crippen LogP) is 1.46. The van der Waals surface area contributed by atoms with E-state index >= 15 is 0 Å². The number of likely N-dealkylation sites (tertiary alicyclic amines) is 1. The largest absolute Gasteiger partial charge is 0.480 e. The summed E-state index contributed by atoms with van der Waals surface area (Å²) in [6, 6.07) is 0. The number of aliphatic carboxylic acids is 1. The van der Waals surface area contributed by atoms with Gasteiger partial charge in [0.2, 0.25) is 11.8 Å². The van der Waals surface area contributed by atoms with Crippen molar-refractivity contribution in [2.45, 2.75) is 51.6 Å². The van der Waals surface area contributed by atoms with Crippen LogP contribution in [0.3, 0.4) is 0 Å². The van der Waals surface area contributed by atoms with E-state index in [1.54, 1.807) is 0 Å². The topological polar surface area (TPSA) is 79.5 Å². The molecule has 0 saturated carbocycles. The standard InChI is InChI=1S/C12H19N3O3/c1-3-9-13-14-10(18-9)8-15-7-5-6-12(15,4-2)11(16)17/h3-8H2,1-2H3,(H,16,17). The molecule has 100 valence electrons. The summed E-state index contributed by atoms with van der Waals surface area (Å²) in [6.45, 7) is 5.05. The maximum Gasteiger partial charge on any atom is 0.324 e. The van der Waals surface area contributed by atoms with Gasteiger partial charge in [-0.15, -0.1) is 10.2 Å². The van der Waals surface area contributed by atoms with E-state index in [4.69, 9.17) is 4.42 Å². The van der Waals surface area contributed by atoms with Gasteiger partial charge in [-0.3, -0.25) is 9.69 Å². The second-order valence-corrected chi connectivity index (χ2v) is 4.66. The van der Waals surface area contributed by atoms with Crippen LogP contribution in [0.5, 0.6) is 0 Å². The molecule has 1 atom stereocenters. The number of hydrogen-bond acceptors (Lipinski definition) is 5. The first kappa shape index (κ1) is 13.0. The van der Waals surface area contributed by atoms with Gasteiger partial charge in [-0.1, -0.05) is 13.8 Å². The Morgan fingerprint density at radius 1 is 1.44 bits per heavy atom. The fourth-order valence-electron chi connectivity index (χ4n) is 2.62. The van der Waals surface area contributed by atoms with Crippen LogP contribution >= 0.6 is 0 Å². The minimum Gasteiger partial charge on any atom is -0.480 e. The molecule has 1 saturated heterocycles. The molecule has 18 heavy (non-hydrogen) atoms. The van der Waals surface area contributed by atoms with Gasteiger partial charge in [-0.05, 0) is 25.8 Å². The Bertz CT molecular complexity index is 432. The zero-order chi connectivity index (χ0) is 13.2. The predicted molar refractivity (Wildman–Crippen MR) is 64.0 cm³/mol. The molecule has 0 radical (unpaired) electrons. The van der Waals surface area contributed by atoms with E-state index in [0.717, 1.165) is 13.0 Å². The first-order valence-electron chi connectivity index (χ1n) is 6.42. The number of nitrogens with zero attached hydrogens (tertiary/aromatic N) is 3. The number of hydrogen-bond donors (Lipinski definition) is 1. The summed E-state index contributed by atoms with van der Waals surface area (Å²) >= 11 is 0. The van der Waals surface area contributed by atoms with Gasteiger partial charge in [0.25, 0.3) is 0 Å². The van der Waals surface area contributed by atoms with Gasteiger partial charge < -0.3 is 9.52 Å². The van der Waals surface area contributed by atoms with E-state index in [9.17, 15) is 9.90 Å². The van der Waals surface area contributed by atoms with Crippen molar-refractivity contribution in [1.29, 1.82) is 0 Å². The lowest BCUT2D eigenvalue weighted by molar-refractivity contribution is -0.150. The lowest BCUT2D eigenvalue weighted by Gasteiger charge is -2.32. The second-order valence-electron chi connectivity index (χ2n) is 4.66. The highest BCUT2D eigenvalue weighted by molar-refractivity contribution is 5.79. The van der Waals surface area contributed by atoms with Crippen LogP contribution in [0.15, 0.2) is 4.42 Å². The highest BCUT2D eigenvalue weighted by Crippen LogP contribution is 2.33. The SMILES string of the molecule is CCc1nnc(CN2CCCC2(CC)C(=O)O)o1. The van der Waals surface area contributed by atoms with E-state index in [1.807, 2.05) is 18.7 Å². The summed E-state index contributed by atoms with van der Waals surface area (Å²) in [5.74, 6) is 0.354. The third-order valence-corrected chi connectivity index (χ3v) is 3.74. The number of aromatic nitrogens is 2. The third-order valence-electron chi connectivity index (χ3n) is 3.74. The van der Waals surface area contributed by atoms with E-state index < -0.39 is 11.5 Å². The van der Waals surface area contributed by atoms with E-state index in [0.29, 0.717) is 37.6 Å². The first-order valence-corrected chi connectivity index (χ1v) is 6.42. The Labute approximate surface area is 106 Å². The van der Waals surface area contributed by atoms with Crippen LogP contribution in [-0.2, 0) is 17.8 Å². The second kappa shape index (κ2) is 5.06. The van der Waals surface area contributed by atoms with Gasteiger partial charge in [-0.25, -0.2) is 0 Å². The Morgan fingerprint density at radius 2 is 2.17 bits per heavy atom. The molecule has 1 aliphatic heterocycles. The molecule has 6 nitrogen and oxygen atoms in total. The number of carbonyl (C=O) groups is 1. The molecule has 0 aliphatic carbocycles. The van der Waals surface area contributed by atoms with Crippen LogP contribution in [0.2, 0.25) is 0 Å². The highest BCUT2D eigenvalue weighted by atomic mass is 16.4. The highest BCUT2D eigenvalue weighted by Gasteiger charge is 2.46. The van der Waals surface area contributed by atoms with E-state index in [2.05, 4.69) is 10.2 Å². The zero-order valence-electron chi connectivity index (χ0n) is 10.8. The third kappa shape index (κ3) is 2.12. The summed E-state index contributed by atoms with van der Waals surface area (Å²) in [5, 5.41) is 17.3. The Morgan fingerprint density at radius 3 is 2.72 bits per heavy atom. The van der Waals surface area contributed by atoms with Gasteiger partial charge in [0.15, 0.2) is 0 Å². The number of carboxylic acid groups (broad SMARTS) is 1. The maximum atomic E-state index is 11.5. The minimum atomic E-state index is -0.763. The molecule has 1 N–H and O–H groups in total. The molecule has 1 aliphatic rings. The van der Waals surface area contributed by atoms with Gasteiger partial charge in [0.1, 0.15) is 5.54 Å². The molecular formula is C12H19N3O3. The van der Waals surface area contributed by atoms with Gasteiger partial charge in [0.05, 0.1) is 6.54 Å². The van der Waals surface area contributed by atoms with Crippen LogP contribution < -0.4 is 0 Å². The number of aryl methyl sites for hydroxylation is 1. The molecule has 0 aromatic carbocycles. The zero-order valence-corrected chi connectivity index (χ0v) is 10.8. The van der Waals surface area contributed by atoms with Crippen LogP contribution in [0.25, 0.3) is 0 Å². The molecular weight excluding hydrogens is 234 g/mol. The Kier molecular flexibility index (Phi) is 3.65. The fraction of sp³-hybridized carbons (Fsp3) is 0.750. The molecule has 0 amide bonds. The average Bonchev–Trinajstić information content (AvgIpc) is 2.96. The van der Waals surface area contributed by atoms with Crippen molar-refractivity contribution in [3.05, 3.63) is 11.8 Å². The Balaban J connectivity index is 2.14. The van der Waals surface area contributed by atoms with Crippen molar-refractivity contribution in [1.82, 2.24) is 15.1 Å². The molecule has 2 heterocycles. The lowest BCUT2D eigenvalue weighted by atomic mass is 9.93. The fourth-order valence-corrected chi connectivity index (χ4v) is 2.62. The van der Waals surface area contributed by atoms with Crippen molar-refractivity contribution in [2.75, 3.05) is 6.54 Å². The summed E-state index contributed by atoms with van der Waals surface area (Å²) in [5.41, 5.74) is -0.763. The van der Waals surface area contributed by atoms with Gasteiger partial charge in [0, 0.05) is 6.42 Å². The molecule has 6 heteroatoms. The molecule has 2 rings (SSSR count).